The zero-order valence-electron chi connectivity index (χ0n) is 12.7. The third-order valence-electron chi connectivity index (χ3n) is 3.89. The zero-order valence-corrected chi connectivity index (χ0v) is 12.7. The molecule has 0 aliphatic carbocycles. The number of nitrogen functional groups attached to an aromatic ring is 1. The molecule has 2 aromatic rings. The van der Waals surface area contributed by atoms with Gasteiger partial charge in [-0.2, -0.15) is 0 Å². The quantitative estimate of drug-likeness (QED) is 0.633. The highest BCUT2D eigenvalue weighted by atomic mass is 16.5. The number of ether oxygens (including phenoxy) is 2. The third kappa shape index (κ3) is 3.56. The molecule has 0 fully saturated rings. The summed E-state index contributed by atoms with van der Waals surface area (Å²) in [4.78, 5) is 10.8. The Morgan fingerprint density at radius 3 is 2.78 bits per heavy atom. The van der Waals surface area contributed by atoms with Crippen molar-refractivity contribution in [1.29, 1.82) is 0 Å². The fourth-order valence-corrected chi connectivity index (χ4v) is 2.62. The maximum Gasteiger partial charge on any atom is 0.335 e. The first kappa shape index (κ1) is 15.2. The van der Waals surface area contributed by atoms with E-state index in [1.54, 1.807) is 12.1 Å². The van der Waals surface area contributed by atoms with E-state index in [4.69, 9.17) is 20.3 Å². The third-order valence-corrected chi connectivity index (χ3v) is 3.89. The molecule has 23 heavy (non-hydrogen) atoms. The van der Waals surface area contributed by atoms with Crippen LogP contribution >= 0.6 is 0 Å². The second-order valence-corrected chi connectivity index (χ2v) is 5.55. The molecule has 0 bridgehead atoms. The van der Waals surface area contributed by atoms with Crippen molar-refractivity contribution in [3.05, 3.63) is 53.1 Å². The number of carboxylic acid groups (broad SMARTS) is 1. The molecule has 0 saturated carbocycles. The van der Waals surface area contributed by atoms with Crippen LogP contribution in [0.5, 0.6) is 11.5 Å². The highest BCUT2D eigenvalue weighted by molar-refractivity contribution is 5.87. The average molecular weight is 313 g/mol. The Labute approximate surface area is 134 Å². The van der Waals surface area contributed by atoms with Crippen molar-refractivity contribution in [3.63, 3.8) is 0 Å². The fraction of sp³-hybridized carbons (Fsp3) is 0.278. The fourth-order valence-electron chi connectivity index (χ4n) is 2.62. The van der Waals surface area contributed by atoms with Crippen molar-refractivity contribution in [1.82, 2.24) is 0 Å². The van der Waals surface area contributed by atoms with Crippen molar-refractivity contribution in [2.75, 3.05) is 18.9 Å². The molecule has 0 aromatic heterocycles. The molecule has 0 spiro atoms. The van der Waals surface area contributed by atoms with Crippen molar-refractivity contribution < 1.29 is 19.4 Å². The number of carbonyl (C=O) groups is 1. The van der Waals surface area contributed by atoms with E-state index in [1.165, 1.54) is 0 Å². The van der Waals surface area contributed by atoms with Gasteiger partial charge in [0, 0.05) is 12.5 Å². The molecule has 3 N–H and O–H groups in total. The monoisotopic (exact) mass is 313 g/mol. The molecule has 0 radical (unpaired) electrons. The smallest absolute Gasteiger partial charge is 0.335 e. The number of hydrogen-bond acceptors (Lipinski definition) is 4. The predicted molar refractivity (Wildman–Crippen MR) is 87.3 cm³/mol. The number of anilines is 1. The van der Waals surface area contributed by atoms with Gasteiger partial charge in [0.15, 0.2) is 0 Å². The Hall–Kier alpha value is -2.69. The van der Waals surface area contributed by atoms with E-state index in [0.29, 0.717) is 30.2 Å². The van der Waals surface area contributed by atoms with Gasteiger partial charge in [-0.3, -0.25) is 0 Å². The first-order valence-electron chi connectivity index (χ1n) is 7.64. The largest absolute Gasteiger partial charge is 0.493 e. The number of carboxylic acids is 1. The minimum absolute atomic E-state index is 0.302. The lowest BCUT2D eigenvalue weighted by Crippen LogP contribution is -2.02. The molecule has 0 amide bonds. The summed E-state index contributed by atoms with van der Waals surface area (Å²) in [5.74, 6) is 0.611. The molecule has 5 heteroatoms. The molecule has 5 nitrogen and oxygen atoms in total. The van der Waals surface area contributed by atoms with Crippen LogP contribution in [-0.2, 0) is 12.8 Å². The second kappa shape index (κ2) is 6.60. The van der Waals surface area contributed by atoms with Crippen LogP contribution in [0.4, 0.5) is 5.69 Å². The molecule has 0 unspecified atom stereocenters. The summed E-state index contributed by atoms with van der Waals surface area (Å²) in [5.41, 5.74) is 9.16. The van der Waals surface area contributed by atoms with Crippen LogP contribution in [0.2, 0.25) is 0 Å². The summed E-state index contributed by atoms with van der Waals surface area (Å²) < 4.78 is 11.3. The number of fused-ring (bicyclic) bond motifs is 1. The Kier molecular flexibility index (Phi) is 4.37. The SMILES string of the molecule is Nc1cc2c(cc1OCCCc1ccc(C(=O)O)cc1)OCC2. The van der Waals surface area contributed by atoms with Crippen LogP contribution in [-0.4, -0.2) is 24.3 Å². The molecular formula is C18H19NO4. The van der Waals surface area contributed by atoms with Gasteiger partial charge in [-0.05, 0) is 42.2 Å². The molecule has 2 aromatic carbocycles. The highest BCUT2D eigenvalue weighted by Gasteiger charge is 2.15. The Bertz CT molecular complexity index is 710. The minimum Gasteiger partial charge on any atom is -0.493 e. The van der Waals surface area contributed by atoms with E-state index in [9.17, 15) is 4.79 Å². The predicted octanol–water partition coefficient (Wildman–Crippen LogP) is 2.91. The molecule has 1 aliphatic rings. The zero-order chi connectivity index (χ0) is 16.2. The standard InChI is InChI=1S/C18H19NO4/c19-15-10-14-7-9-23-16(14)11-17(15)22-8-1-2-12-3-5-13(6-4-12)18(20)21/h3-6,10-11H,1-2,7-9,19H2,(H,20,21). The van der Waals surface area contributed by atoms with Gasteiger partial charge in [0.05, 0.1) is 24.5 Å². The van der Waals surface area contributed by atoms with Gasteiger partial charge in [-0.15, -0.1) is 0 Å². The summed E-state index contributed by atoms with van der Waals surface area (Å²) in [6, 6.07) is 10.7. The number of hydrogen-bond donors (Lipinski definition) is 2. The number of rotatable bonds is 6. The van der Waals surface area contributed by atoms with Gasteiger partial charge in [-0.1, -0.05) is 12.1 Å². The maximum absolute atomic E-state index is 10.8. The number of benzene rings is 2. The highest BCUT2D eigenvalue weighted by Crippen LogP contribution is 2.34. The van der Waals surface area contributed by atoms with E-state index in [-0.39, 0.29) is 0 Å². The molecule has 1 heterocycles. The lowest BCUT2D eigenvalue weighted by molar-refractivity contribution is 0.0697. The van der Waals surface area contributed by atoms with Crippen molar-refractivity contribution in [2.45, 2.75) is 19.3 Å². The van der Waals surface area contributed by atoms with Crippen LogP contribution < -0.4 is 15.2 Å². The van der Waals surface area contributed by atoms with Crippen molar-refractivity contribution in [3.8, 4) is 11.5 Å². The van der Waals surface area contributed by atoms with Gasteiger partial charge in [0.2, 0.25) is 0 Å². The molecule has 1 aliphatic heterocycles. The Morgan fingerprint density at radius 2 is 2.04 bits per heavy atom. The van der Waals surface area contributed by atoms with E-state index in [0.717, 1.165) is 36.1 Å². The van der Waals surface area contributed by atoms with Crippen LogP contribution in [0.25, 0.3) is 0 Å². The van der Waals surface area contributed by atoms with Gasteiger partial charge in [0.25, 0.3) is 0 Å². The van der Waals surface area contributed by atoms with Crippen molar-refractivity contribution >= 4 is 11.7 Å². The lowest BCUT2D eigenvalue weighted by atomic mass is 10.1. The Morgan fingerprint density at radius 1 is 1.26 bits per heavy atom. The molecule has 120 valence electrons. The van der Waals surface area contributed by atoms with Crippen LogP contribution in [0, 0.1) is 0 Å². The molecule has 0 saturated heterocycles. The molecule has 3 rings (SSSR count). The van der Waals surface area contributed by atoms with Gasteiger partial charge in [0.1, 0.15) is 11.5 Å². The summed E-state index contributed by atoms with van der Waals surface area (Å²) in [7, 11) is 0. The van der Waals surface area contributed by atoms with E-state index in [1.807, 2.05) is 24.3 Å². The first-order valence-corrected chi connectivity index (χ1v) is 7.64. The minimum atomic E-state index is -0.908. The van der Waals surface area contributed by atoms with E-state index >= 15 is 0 Å². The topological polar surface area (TPSA) is 81.8 Å². The summed E-state index contributed by atoms with van der Waals surface area (Å²) in [6.45, 7) is 1.24. The van der Waals surface area contributed by atoms with Crippen LogP contribution in [0.3, 0.4) is 0 Å². The second-order valence-electron chi connectivity index (χ2n) is 5.55. The first-order chi connectivity index (χ1) is 11.1. The molecular weight excluding hydrogens is 294 g/mol. The Balaban J connectivity index is 1.51. The maximum atomic E-state index is 10.8. The lowest BCUT2D eigenvalue weighted by Gasteiger charge is -2.11. The van der Waals surface area contributed by atoms with Gasteiger partial charge < -0.3 is 20.3 Å². The van der Waals surface area contributed by atoms with Gasteiger partial charge >= 0.3 is 5.97 Å². The number of nitrogens with two attached hydrogens (primary N) is 1. The summed E-state index contributed by atoms with van der Waals surface area (Å²) >= 11 is 0. The van der Waals surface area contributed by atoms with Crippen LogP contribution in [0.15, 0.2) is 36.4 Å². The normalized spacial score (nSPS) is 12.5. The number of aryl methyl sites for hydroxylation is 1. The van der Waals surface area contributed by atoms with Crippen LogP contribution in [0.1, 0.15) is 27.9 Å². The number of aromatic carboxylic acids is 1. The van der Waals surface area contributed by atoms with Crippen molar-refractivity contribution in [2.24, 2.45) is 0 Å². The van der Waals surface area contributed by atoms with Gasteiger partial charge in [-0.25, -0.2) is 4.79 Å². The van der Waals surface area contributed by atoms with E-state index in [2.05, 4.69) is 0 Å². The average Bonchev–Trinajstić information content (AvgIpc) is 2.99. The summed E-state index contributed by atoms with van der Waals surface area (Å²) in [5, 5.41) is 8.87. The van der Waals surface area contributed by atoms with E-state index < -0.39 is 5.97 Å². The molecule has 0 atom stereocenters. The summed E-state index contributed by atoms with van der Waals surface area (Å²) in [6.07, 6.45) is 2.54.